The Kier molecular flexibility index (Phi) is 4.86. The molecule has 2 aromatic rings. The van der Waals surface area contributed by atoms with Gasteiger partial charge in [-0.2, -0.15) is 0 Å². The second-order valence-corrected chi connectivity index (χ2v) is 5.85. The van der Waals surface area contributed by atoms with Crippen LogP contribution in [0.15, 0.2) is 48.8 Å². The maximum atomic E-state index is 12.3. The normalized spacial score (nSPS) is 15.2. The van der Waals surface area contributed by atoms with Gasteiger partial charge in [-0.05, 0) is 36.6 Å². The maximum Gasteiger partial charge on any atom is 0.271 e. The van der Waals surface area contributed by atoms with Gasteiger partial charge in [-0.1, -0.05) is 24.3 Å². The van der Waals surface area contributed by atoms with Crippen LogP contribution in [-0.2, 0) is 17.8 Å². The standard InChI is InChI=1S/C18H20N4O2/c1-13(22-10-8-14-5-2-3-6-16(14)12-22)17(23)20-21-18(24)15-7-4-9-19-11-15/h2-7,9,11,13H,8,10,12H2,1H3,(H,20,23)(H,21,24). The number of fused-ring (bicyclic) bond motifs is 1. The van der Waals surface area contributed by atoms with Crippen LogP contribution in [0.2, 0.25) is 0 Å². The Balaban J connectivity index is 1.55. The average molecular weight is 324 g/mol. The van der Waals surface area contributed by atoms with Crippen molar-refractivity contribution >= 4 is 11.8 Å². The summed E-state index contributed by atoms with van der Waals surface area (Å²) in [6.45, 7) is 3.41. The van der Waals surface area contributed by atoms with Crippen LogP contribution in [0.3, 0.4) is 0 Å². The molecule has 0 saturated carbocycles. The van der Waals surface area contributed by atoms with Crippen molar-refractivity contribution in [3.63, 3.8) is 0 Å². The minimum atomic E-state index is -0.382. The van der Waals surface area contributed by atoms with Crippen molar-refractivity contribution in [2.45, 2.75) is 25.9 Å². The van der Waals surface area contributed by atoms with Gasteiger partial charge in [0.1, 0.15) is 0 Å². The van der Waals surface area contributed by atoms with Crippen molar-refractivity contribution < 1.29 is 9.59 Å². The molecule has 6 nitrogen and oxygen atoms in total. The van der Waals surface area contributed by atoms with Gasteiger partial charge in [0.2, 0.25) is 0 Å². The van der Waals surface area contributed by atoms with Crippen LogP contribution < -0.4 is 10.9 Å². The highest BCUT2D eigenvalue weighted by Gasteiger charge is 2.25. The molecule has 2 heterocycles. The lowest BCUT2D eigenvalue weighted by Gasteiger charge is -2.32. The molecule has 1 aliphatic rings. The molecule has 124 valence electrons. The van der Waals surface area contributed by atoms with Crippen LogP contribution in [0.25, 0.3) is 0 Å². The van der Waals surface area contributed by atoms with Crippen LogP contribution in [0.5, 0.6) is 0 Å². The van der Waals surface area contributed by atoms with Crippen molar-refractivity contribution in [2.24, 2.45) is 0 Å². The fourth-order valence-corrected chi connectivity index (χ4v) is 2.81. The lowest BCUT2D eigenvalue weighted by molar-refractivity contribution is -0.127. The van der Waals surface area contributed by atoms with E-state index in [0.29, 0.717) is 5.56 Å². The molecule has 0 radical (unpaired) electrons. The van der Waals surface area contributed by atoms with E-state index in [1.165, 1.54) is 17.3 Å². The van der Waals surface area contributed by atoms with Gasteiger partial charge in [0.25, 0.3) is 11.8 Å². The molecule has 3 rings (SSSR count). The molecular weight excluding hydrogens is 304 g/mol. The molecule has 6 heteroatoms. The first-order valence-electron chi connectivity index (χ1n) is 7.96. The number of hydrazine groups is 1. The number of hydrogen-bond acceptors (Lipinski definition) is 4. The number of aromatic nitrogens is 1. The predicted molar refractivity (Wildman–Crippen MR) is 89.9 cm³/mol. The maximum absolute atomic E-state index is 12.3. The van der Waals surface area contributed by atoms with Gasteiger partial charge in [0.15, 0.2) is 0 Å². The molecule has 0 bridgehead atoms. The summed E-state index contributed by atoms with van der Waals surface area (Å²) in [7, 11) is 0. The molecule has 0 fully saturated rings. The number of rotatable bonds is 3. The molecule has 0 aliphatic carbocycles. The smallest absolute Gasteiger partial charge is 0.271 e. The fourth-order valence-electron chi connectivity index (χ4n) is 2.81. The first-order chi connectivity index (χ1) is 11.6. The molecule has 0 saturated heterocycles. The third kappa shape index (κ3) is 3.60. The Morgan fingerprint density at radius 2 is 1.92 bits per heavy atom. The summed E-state index contributed by atoms with van der Waals surface area (Å²) < 4.78 is 0. The molecule has 2 N–H and O–H groups in total. The van der Waals surface area contributed by atoms with Crippen LogP contribution in [0, 0.1) is 0 Å². The number of benzene rings is 1. The molecule has 1 aliphatic heterocycles. The quantitative estimate of drug-likeness (QED) is 0.835. The molecular formula is C18H20N4O2. The van der Waals surface area contributed by atoms with Crippen LogP contribution in [0.1, 0.15) is 28.4 Å². The van der Waals surface area contributed by atoms with Crippen molar-refractivity contribution in [1.29, 1.82) is 0 Å². The highest BCUT2D eigenvalue weighted by atomic mass is 16.2. The Bertz CT molecular complexity index is 733. The lowest BCUT2D eigenvalue weighted by Crippen LogP contribution is -2.52. The second-order valence-electron chi connectivity index (χ2n) is 5.85. The predicted octanol–water partition coefficient (Wildman–Crippen LogP) is 1.29. The van der Waals surface area contributed by atoms with Crippen LogP contribution in [-0.4, -0.2) is 34.3 Å². The molecule has 1 aromatic carbocycles. The second kappa shape index (κ2) is 7.23. The van der Waals surface area contributed by atoms with Gasteiger partial charge in [0, 0.05) is 25.5 Å². The van der Waals surface area contributed by atoms with Gasteiger partial charge >= 0.3 is 0 Å². The summed E-state index contributed by atoms with van der Waals surface area (Å²) in [4.78, 5) is 30.2. The van der Waals surface area contributed by atoms with Crippen molar-refractivity contribution in [3.05, 3.63) is 65.5 Å². The highest BCUT2D eigenvalue weighted by molar-refractivity contribution is 5.95. The summed E-state index contributed by atoms with van der Waals surface area (Å²) in [5.74, 6) is -0.612. The van der Waals surface area contributed by atoms with Crippen LogP contribution in [0.4, 0.5) is 0 Å². The number of pyridine rings is 1. The minimum absolute atomic E-state index is 0.230. The van der Waals surface area contributed by atoms with Crippen LogP contribution >= 0.6 is 0 Å². The van der Waals surface area contributed by atoms with Gasteiger partial charge in [-0.15, -0.1) is 0 Å². The Labute approximate surface area is 140 Å². The Hall–Kier alpha value is -2.73. The van der Waals surface area contributed by atoms with Crippen molar-refractivity contribution in [2.75, 3.05) is 6.54 Å². The van der Waals surface area contributed by atoms with Gasteiger partial charge < -0.3 is 0 Å². The Morgan fingerprint density at radius 3 is 2.67 bits per heavy atom. The van der Waals surface area contributed by atoms with E-state index in [9.17, 15) is 9.59 Å². The zero-order valence-corrected chi connectivity index (χ0v) is 13.5. The van der Waals surface area contributed by atoms with E-state index >= 15 is 0 Å². The molecule has 1 aromatic heterocycles. The first kappa shape index (κ1) is 16.1. The fraction of sp³-hybridized carbons (Fsp3) is 0.278. The molecule has 2 amide bonds. The molecule has 1 unspecified atom stereocenters. The summed E-state index contributed by atoms with van der Waals surface area (Å²) in [5, 5.41) is 0. The summed E-state index contributed by atoms with van der Waals surface area (Å²) in [6.07, 6.45) is 3.97. The van der Waals surface area contributed by atoms with Gasteiger partial charge in [0.05, 0.1) is 11.6 Å². The van der Waals surface area contributed by atoms with Gasteiger partial charge in [-0.3, -0.25) is 30.3 Å². The van der Waals surface area contributed by atoms with E-state index in [1.54, 1.807) is 18.3 Å². The Morgan fingerprint density at radius 1 is 1.12 bits per heavy atom. The first-order valence-corrected chi connectivity index (χ1v) is 7.96. The SMILES string of the molecule is CC(C(=O)NNC(=O)c1cccnc1)N1CCc2ccccc2C1. The number of amides is 2. The lowest BCUT2D eigenvalue weighted by atomic mass is 9.99. The van der Waals surface area contributed by atoms with Gasteiger partial charge in [-0.25, -0.2) is 0 Å². The molecule has 0 spiro atoms. The van der Waals surface area contributed by atoms with E-state index in [4.69, 9.17) is 0 Å². The summed E-state index contributed by atoms with van der Waals surface area (Å²) in [5.41, 5.74) is 7.92. The number of nitrogens with zero attached hydrogens (tertiary/aromatic N) is 2. The average Bonchev–Trinajstić information content (AvgIpc) is 2.65. The van der Waals surface area contributed by atoms with E-state index in [2.05, 4.69) is 32.9 Å². The third-order valence-electron chi connectivity index (χ3n) is 4.31. The number of carbonyl (C=O) groups excluding carboxylic acids is 2. The number of carbonyl (C=O) groups is 2. The minimum Gasteiger partial charge on any atom is -0.287 e. The van der Waals surface area contributed by atoms with Crippen molar-refractivity contribution in [3.8, 4) is 0 Å². The zero-order valence-electron chi connectivity index (χ0n) is 13.5. The monoisotopic (exact) mass is 324 g/mol. The third-order valence-corrected chi connectivity index (χ3v) is 4.31. The summed E-state index contributed by atoms with van der Waals surface area (Å²) >= 11 is 0. The molecule has 24 heavy (non-hydrogen) atoms. The molecule has 1 atom stereocenters. The van der Waals surface area contributed by atoms with E-state index in [1.807, 2.05) is 19.1 Å². The van der Waals surface area contributed by atoms with Crippen molar-refractivity contribution in [1.82, 2.24) is 20.7 Å². The number of hydrogen-bond donors (Lipinski definition) is 2. The van der Waals surface area contributed by atoms with E-state index < -0.39 is 0 Å². The zero-order chi connectivity index (χ0) is 16.9. The highest BCUT2D eigenvalue weighted by Crippen LogP contribution is 2.20. The topological polar surface area (TPSA) is 74.3 Å². The van der Waals surface area contributed by atoms with E-state index in [-0.39, 0.29) is 17.9 Å². The van der Waals surface area contributed by atoms with E-state index in [0.717, 1.165) is 19.5 Å². The largest absolute Gasteiger partial charge is 0.287 e. The summed E-state index contributed by atoms with van der Waals surface area (Å²) in [6, 6.07) is 11.3. The number of nitrogens with one attached hydrogen (secondary N) is 2.